The molecule has 1 spiro atoms. The van der Waals surface area contributed by atoms with Gasteiger partial charge in [0.2, 0.25) is 0 Å². The van der Waals surface area contributed by atoms with E-state index in [0.29, 0.717) is 24.9 Å². The highest BCUT2D eigenvalue weighted by Crippen LogP contribution is 2.47. The van der Waals surface area contributed by atoms with Crippen LogP contribution in [0, 0.1) is 11.2 Å². The lowest BCUT2D eigenvalue weighted by Crippen LogP contribution is -2.47. The minimum Gasteiger partial charge on any atom is -0.375 e. The number of ether oxygens (including phenoxy) is 1. The number of urea groups is 1. The summed E-state index contributed by atoms with van der Waals surface area (Å²) in [6.45, 7) is 3.11. The van der Waals surface area contributed by atoms with Crippen molar-refractivity contribution in [2.75, 3.05) is 33.8 Å². The van der Waals surface area contributed by atoms with E-state index in [-0.39, 0.29) is 23.3 Å². The molecule has 2 saturated heterocycles. The molecule has 1 aromatic heterocycles. The number of aromatic nitrogens is 2. The maximum Gasteiger partial charge on any atom is 0.317 e. The quantitative estimate of drug-likeness (QED) is 0.805. The molecule has 0 saturated carbocycles. The van der Waals surface area contributed by atoms with Crippen LogP contribution in [0.25, 0.3) is 0 Å². The summed E-state index contributed by atoms with van der Waals surface area (Å²) < 4.78 is 23.3. The molecule has 3 heterocycles. The summed E-state index contributed by atoms with van der Waals surface area (Å²) in [5, 5.41) is 7.08. The predicted molar refractivity (Wildman–Crippen MR) is 107 cm³/mol. The van der Waals surface area contributed by atoms with Gasteiger partial charge in [0.15, 0.2) is 5.82 Å². The van der Waals surface area contributed by atoms with Crippen molar-refractivity contribution >= 4 is 6.03 Å². The van der Waals surface area contributed by atoms with Gasteiger partial charge in [-0.15, -0.1) is 0 Å². The first kappa shape index (κ1) is 20.7. The summed E-state index contributed by atoms with van der Waals surface area (Å²) >= 11 is 0. The average molecular weight is 417 g/mol. The second kappa shape index (κ2) is 8.69. The van der Waals surface area contributed by atoms with Crippen LogP contribution in [-0.2, 0) is 17.9 Å². The van der Waals surface area contributed by atoms with Crippen molar-refractivity contribution in [1.29, 1.82) is 0 Å². The molecule has 2 aromatic rings. The van der Waals surface area contributed by atoms with Gasteiger partial charge in [0, 0.05) is 33.3 Å². The van der Waals surface area contributed by atoms with Crippen molar-refractivity contribution in [3.63, 3.8) is 0 Å². The summed E-state index contributed by atoms with van der Waals surface area (Å²) in [4.78, 5) is 21.2. The Balaban J connectivity index is 1.30. The molecule has 2 amide bonds. The second-order valence-corrected chi connectivity index (χ2v) is 8.39. The summed E-state index contributed by atoms with van der Waals surface area (Å²) in [5.41, 5.74) is 1.04. The van der Waals surface area contributed by atoms with Crippen LogP contribution in [0.5, 0.6) is 0 Å². The molecule has 1 atom stereocenters. The molecule has 2 fully saturated rings. The van der Waals surface area contributed by atoms with Gasteiger partial charge >= 0.3 is 6.03 Å². The highest BCUT2D eigenvalue weighted by Gasteiger charge is 2.46. The number of nitrogens with one attached hydrogen (secondary N) is 1. The third-order valence-corrected chi connectivity index (χ3v) is 6.26. The fraction of sp³-hybridized carbons (Fsp3) is 0.571. The monoisotopic (exact) mass is 417 g/mol. The molecule has 162 valence electrons. The lowest BCUT2D eigenvalue weighted by Gasteiger charge is -2.39. The number of hydrogen-bond donors (Lipinski definition) is 1. The number of likely N-dealkylation sites (tertiary alicyclic amines) is 2. The molecule has 2 aliphatic heterocycles. The van der Waals surface area contributed by atoms with Gasteiger partial charge in [-0.3, -0.25) is 4.90 Å². The largest absolute Gasteiger partial charge is 0.375 e. The number of piperidine rings is 1. The van der Waals surface area contributed by atoms with Crippen molar-refractivity contribution in [3.05, 3.63) is 47.4 Å². The first-order valence-corrected chi connectivity index (χ1v) is 10.3. The van der Waals surface area contributed by atoms with Crippen molar-refractivity contribution in [2.45, 2.75) is 38.5 Å². The molecule has 1 N–H and O–H groups in total. The van der Waals surface area contributed by atoms with Crippen LogP contribution in [0.3, 0.4) is 0 Å². The van der Waals surface area contributed by atoms with E-state index in [0.717, 1.165) is 44.5 Å². The van der Waals surface area contributed by atoms with Crippen LogP contribution in [0.15, 0.2) is 28.8 Å². The fourth-order valence-corrected chi connectivity index (χ4v) is 4.58. The minimum absolute atomic E-state index is 0.0700. The SMILES string of the molecule is COCc1nc(C2CC3(CCN(C(=O)NCc4ccc(F)cc4)CC3)CN2C)no1. The number of benzene rings is 1. The number of carbonyl (C=O) groups is 1. The topological polar surface area (TPSA) is 83.7 Å². The number of amides is 2. The molecule has 9 heteroatoms. The summed E-state index contributed by atoms with van der Waals surface area (Å²) in [6, 6.07) is 6.23. The smallest absolute Gasteiger partial charge is 0.317 e. The molecule has 2 aliphatic rings. The molecular formula is C21H28FN5O3. The predicted octanol–water partition coefficient (Wildman–Crippen LogP) is 2.72. The van der Waals surface area contributed by atoms with E-state index in [1.54, 1.807) is 19.2 Å². The molecule has 0 radical (unpaired) electrons. The van der Waals surface area contributed by atoms with Crippen molar-refractivity contribution in [3.8, 4) is 0 Å². The van der Waals surface area contributed by atoms with E-state index in [9.17, 15) is 9.18 Å². The van der Waals surface area contributed by atoms with Gasteiger partial charge in [-0.25, -0.2) is 9.18 Å². The second-order valence-electron chi connectivity index (χ2n) is 8.39. The Labute approximate surface area is 175 Å². The van der Waals surface area contributed by atoms with Gasteiger partial charge in [0.05, 0.1) is 6.04 Å². The molecule has 1 unspecified atom stereocenters. The first-order chi connectivity index (χ1) is 14.5. The van der Waals surface area contributed by atoms with E-state index in [2.05, 4.69) is 27.4 Å². The van der Waals surface area contributed by atoms with Crippen molar-refractivity contribution in [2.24, 2.45) is 5.41 Å². The molecular weight excluding hydrogens is 389 g/mol. The fourth-order valence-electron chi connectivity index (χ4n) is 4.58. The maximum atomic E-state index is 13.0. The number of halogens is 1. The molecule has 1 aromatic carbocycles. The Bertz CT molecular complexity index is 864. The Morgan fingerprint density at radius 1 is 1.33 bits per heavy atom. The minimum atomic E-state index is -0.276. The average Bonchev–Trinajstić information content (AvgIpc) is 3.32. The molecule has 4 rings (SSSR count). The molecule has 8 nitrogen and oxygen atoms in total. The third kappa shape index (κ3) is 4.46. The zero-order valence-electron chi connectivity index (χ0n) is 17.4. The van der Waals surface area contributed by atoms with Crippen LogP contribution < -0.4 is 5.32 Å². The van der Waals surface area contributed by atoms with Crippen LogP contribution >= 0.6 is 0 Å². The molecule has 0 bridgehead atoms. The normalized spacial score (nSPS) is 21.3. The van der Waals surface area contributed by atoms with Crippen molar-refractivity contribution < 1.29 is 18.4 Å². The maximum absolute atomic E-state index is 13.0. The van der Waals surface area contributed by atoms with Gasteiger partial charge < -0.3 is 19.5 Å². The Morgan fingerprint density at radius 2 is 2.07 bits per heavy atom. The van der Waals surface area contributed by atoms with Gasteiger partial charge in [-0.1, -0.05) is 17.3 Å². The molecule has 30 heavy (non-hydrogen) atoms. The number of rotatable bonds is 5. The Kier molecular flexibility index (Phi) is 6.01. The van der Waals surface area contributed by atoms with E-state index >= 15 is 0 Å². The van der Waals surface area contributed by atoms with Crippen molar-refractivity contribution in [1.82, 2.24) is 25.3 Å². The Morgan fingerprint density at radius 3 is 2.77 bits per heavy atom. The Hall–Kier alpha value is -2.52. The number of methoxy groups -OCH3 is 1. The van der Waals surface area contributed by atoms with Crippen LogP contribution in [-0.4, -0.2) is 59.8 Å². The lowest BCUT2D eigenvalue weighted by molar-refractivity contribution is 0.122. The zero-order valence-corrected chi connectivity index (χ0v) is 17.4. The first-order valence-electron chi connectivity index (χ1n) is 10.3. The molecule has 0 aliphatic carbocycles. The van der Waals surface area contributed by atoms with Crippen LogP contribution in [0.2, 0.25) is 0 Å². The standard InChI is InChI=1S/C21H28FN5O3/c1-26-14-21(11-17(26)19-24-18(13-29-2)30-25-19)7-9-27(10-8-21)20(28)23-12-15-3-5-16(22)6-4-15/h3-6,17H,7-14H2,1-2H3,(H,23,28). The van der Waals surface area contributed by atoms with Crippen LogP contribution in [0.1, 0.15) is 42.6 Å². The highest BCUT2D eigenvalue weighted by atomic mass is 19.1. The third-order valence-electron chi connectivity index (χ3n) is 6.26. The van der Waals surface area contributed by atoms with Gasteiger partial charge in [0.1, 0.15) is 12.4 Å². The number of hydrogen-bond acceptors (Lipinski definition) is 6. The van der Waals surface area contributed by atoms with Gasteiger partial charge in [-0.2, -0.15) is 4.98 Å². The van der Waals surface area contributed by atoms with E-state index in [1.165, 1.54) is 12.1 Å². The highest BCUT2D eigenvalue weighted by molar-refractivity contribution is 5.74. The number of nitrogens with zero attached hydrogens (tertiary/aromatic N) is 4. The number of carbonyl (C=O) groups excluding carboxylic acids is 1. The van der Waals surface area contributed by atoms with E-state index in [1.807, 2.05) is 4.90 Å². The van der Waals surface area contributed by atoms with E-state index < -0.39 is 0 Å². The summed E-state index contributed by atoms with van der Waals surface area (Å²) in [7, 11) is 3.69. The van der Waals surface area contributed by atoms with Crippen LogP contribution in [0.4, 0.5) is 9.18 Å². The van der Waals surface area contributed by atoms with Gasteiger partial charge in [0.25, 0.3) is 5.89 Å². The summed E-state index contributed by atoms with van der Waals surface area (Å²) in [5.74, 6) is 0.928. The zero-order chi connectivity index (χ0) is 21.1. The van der Waals surface area contributed by atoms with E-state index in [4.69, 9.17) is 9.26 Å². The van der Waals surface area contributed by atoms with Gasteiger partial charge in [-0.05, 0) is 49.4 Å². The lowest BCUT2D eigenvalue weighted by atomic mass is 9.76. The summed E-state index contributed by atoms with van der Waals surface area (Å²) in [6.07, 6.45) is 2.85.